The van der Waals surface area contributed by atoms with Crippen LogP contribution in [0.15, 0.2) is 22.7 Å². The van der Waals surface area contributed by atoms with Gasteiger partial charge in [-0.2, -0.15) is 0 Å². The average molecular weight is 326 g/mol. The first-order chi connectivity index (χ1) is 9.02. The highest BCUT2D eigenvalue weighted by molar-refractivity contribution is 9.10. The summed E-state index contributed by atoms with van der Waals surface area (Å²) in [6.07, 6.45) is 2.09. The molecular formula is C15H20BrNO2. The lowest BCUT2D eigenvalue weighted by molar-refractivity contribution is -0.144. The highest BCUT2D eigenvalue weighted by atomic mass is 79.9. The van der Waals surface area contributed by atoms with E-state index in [2.05, 4.69) is 39.4 Å². The number of hydrogen-bond acceptors (Lipinski definition) is 3. The highest BCUT2D eigenvalue weighted by Crippen LogP contribution is 2.33. The first-order valence-corrected chi connectivity index (χ1v) is 7.44. The second kappa shape index (κ2) is 6.06. The molecule has 0 saturated heterocycles. The summed E-state index contributed by atoms with van der Waals surface area (Å²) in [4.78, 5) is 11.8. The maximum atomic E-state index is 11.8. The first-order valence-electron chi connectivity index (χ1n) is 6.65. The van der Waals surface area contributed by atoms with Gasteiger partial charge >= 0.3 is 5.97 Å². The summed E-state index contributed by atoms with van der Waals surface area (Å²) in [6.45, 7) is 4.07. The van der Waals surface area contributed by atoms with Crippen LogP contribution in [0.3, 0.4) is 0 Å². The summed E-state index contributed by atoms with van der Waals surface area (Å²) in [6, 6.07) is 6.36. The van der Waals surface area contributed by atoms with Gasteiger partial charge in [-0.15, -0.1) is 0 Å². The Labute approximate surface area is 122 Å². The molecule has 0 aliphatic heterocycles. The maximum absolute atomic E-state index is 11.8. The molecule has 1 aromatic carbocycles. The molecule has 0 heterocycles. The van der Waals surface area contributed by atoms with Gasteiger partial charge in [0.15, 0.2) is 0 Å². The monoisotopic (exact) mass is 325 g/mol. The van der Waals surface area contributed by atoms with Crippen LogP contribution in [0.1, 0.15) is 37.4 Å². The molecule has 19 heavy (non-hydrogen) atoms. The van der Waals surface area contributed by atoms with Gasteiger partial charge in [-0.3, -0.25) is 10.1 Å². The fourth-order valence-corrected chi connectivity index (χ4v) is 3.04. The fourth-order valence-electron chi connectivity index (χ4n) is 2.64. The van der Waals surface area contributed by atoms with Crippen LogP contribution in [-0.2, 0) is 16.0 Å². The van der Waals surface area contributed by atoms with E-state index in [1.807, 2.05) is 13.8 Å². The Kier molecular flexibility index (Phi) is 4.63. The van der Waals surface area contributed by atoms with Crippen LogP contribution in [0, 0.1) is 5.92 Å². The van der Waals surface area contributed by atoms with Crippen molar-refractivity contribution in [1.29, 1.82) is 0 Å². The molecule has 2 atom stereocenters. The van der Waals surface area contributed by atoms with E-state index in [1.165, 1.54) is 18.2 Å². The second-order valence-corrected chi connectivity index (χ2v) is 6.26. The lowest BCUT2D eigenvalue weighted by Gasteiger charge is -2.24. The van der Waals surface area contributed by atoms with Crippen molar-refractivity contribution in [1.82, 2.24) is 5.32 Å². The molecule has 1 aromatic rings. The van der Waals surface area contributed by atoms with Gasteiger partial charge in [0.2, 0.25) is 0 Å². The van der Waals surface area contributed by atoms with Gasteiger partial charge in [0, 0.05) is 10.5 Å². The van der Waals surface area contributed by atoms with Crippen LogP contribution < -0.4 is 5.32 Å². The molecule has 2 unspecified atom stereocenters. The summed E-state index contributed by atoms with van der Waals surface area (Å²) in [7, 11) is 1.44. The number of carbonyl (C=O) groups is 1. The normalized spacial score (nSPS) is 19.3. The van der Waals surface area contributed by atoms with Gasteiger partial charge in [0.05, 0.1) is 7.11 Å². The van der Waals surface area contributed by atoms with Gasteiger partial charge in [0.1, 0.15) is 6.04 Å². The van der Waals surface area contributed by atoms with Crippen molar-refractivity contribution < 1.29 is 9.53 Å². The lowest BCUT2D eigenvalue weighted by atomic mass is 10.0. The van der Waals surface area contributed by atoms with Crippen molar-refractivity contribution in [3.05, 3.63) is 33.8 Å². The Bertz CT molecular complexity index is 473. The molecule has 3 nitrogen and oxygen atoms in total. The topological polar surface area (TPSA) is 38.3 Å². The molecule has 1 N–H and O–H groups in total. The number of fused-ring (bicyclic) bond motifs is 1. The Hall–Kier alpha value is -0.870. The summed E-state index contributed by atoms with van der Waals surface area (Å²) in [5.74, 6) is 0.0347. The van der Waals surface area contributed by atoms with Crippen molar-refractivity contribution in [3.63, 3.8) is 0 Å². The smallest absolute Gasteiger partial charge is 0.323 e. The van der Waals surface area contributed by atoms with Crippen molar-refractivity contribution in [3.8, 4) is 0 Å². The minimum atomic E-state index is -0.246. The van der Waals surface area contributed by atoms with E-state index in [9.17, 15) is 4.79 Å². The molecule has 1 aliphatic carbocycles. The Morgan fingerprint density at radius 1 is 1.47 bits per heavy atom. The summed E-state index contributed by atoms with van der Waals surface area (Å²) < 4.78 is 5.99. The fraction of sp³-hybridized carbons (Fsp3) is 0.533. The molecule has 1 aliphatic rings. The van der Waals surface area contributed by atoms with Crippen LogP contribution in [0.4, 0.5) is 0 Å². The lowest BCUT2D eigenvalue weighted by Crippen LogP contribution is -2.43. The molecular weight excluding hydrogens is 306 g/mol. The number of rotatable bonds is 4. The molecule has 2 rings (SSSR count). The van der Waals surface area contributed by atoms with Crippen LogP contribution in [0.5, 0.6) is 0 Å². The molecule has 4 heteroatoms. The van der Waals surface area contributed by atoms with Gasteiger partial charge < -0.3 is 4.74 Å². The minimum absolute atomic E-state index is 0.180. The van der Waals surface area contributed by atoms with Crippen molar-refractivity contribution in [2.45, 2.75) is 38.8 Å². The number of ether oxygens (including phenoxy) is 1. The van der Waals surface area contributed by atoms with E-state index in [0.29, 0.717) is 0 Å². The number of methoxy groups -OCH3 is 1. The molecule has 104 valence electrons. The predicted molar refractivity (Wildman–Crippen MR) is 79.0 cm³/mol. The van der Waals surface area contributed by atoms with Crippen LogP contribution in [0.2, 0.25) is 0 Å². The number of hydrogen-bond donors (Lipinski definition) is 1. The molecule has 0 radical (unpaired) electrons. The third-order valence-corrected chi connectivity index (χ3v) is 4.18. The third-order valence-electron chi connectivity index (χ3n) is 3.69. The maximum Gasteiger partial charge on any atom is 0.323 e. The van der Waals surface area contributed by atoms with E-state index in [4.69, 9.17) is 4.74 Å². The van der Waals surface area contributed by atoms with E-state index in [0.717, 1.165) is 17.3 Å². The van der Waals surface area contributed by atoms with E-state index >= 15 is 0 Å². The predicted octanol–water partition coefficient (Wildman–Crippen LogP) is 3.22. The molecule has 0 saturated carbocycles. The van der Waals surface area contributed by atoms with Gasteiger partial charge in [-0.25, -0.2) is 0 Å². The first kappa shape index (κ1) is 14.5. The number of carbonyl (C=O) groups excluding carboxylic acids is 1. The van der Waals surface area contributed by atoms with Crippen molar-refractivity contribution in [2.75, 3.05) is 7.11 Å². The van der Waals surface area contributed by atoms with Gasteiger partial charge in [-0.1, -0.05) is 35.8 Å². The Morgan fingerprint density at radius 2 is 2.21 bits per heavy atom. The van der Waals surface area contributed by atoms with E-state index in [1.54, 1.807) is 0 Å². The molecule has 0 aromatic heterocycles. The Morgan fingerprint density at radius 3 is 2.84 bits per heavy atom. The van der Waals surface area contributed by atoms with E-state index < -0.39 is 0 Å². The number of halogens is 1. The van der Waals surface area contributed by atoms with Gasteiger partial charge in [0.25, 0.3) is 0 Å². The minimum Gasteiger partial charge on any atom is -0.468 e. The van der Waals surface area contributed by atoms with Crippen molar-refractivity contribution >= 4 is 21.9 Å². The highest BCUT2D eigenvalue weighted by Gasteiger charge is 2.30. The number of benzene rings is 1. The van der Waals surface area contributed by atoms with Crippen LogP contribution >= 0.6 is 15.9 Å². The quantitative estimate of drug-likeness (QED) is 0.864. The average Bonchev–Trinajstić information content (AvgIpc) is 2.76. The molecule has 0 fully saturated rings. The zero-order valence-electron chi connectivity index (χ0n) is 11.6. The SMILES string of the molecule is COC(=O)C(NC1CCc2cc(Br)ccc21)C(C)C. The summed E-state index contributed by atoms with van der Waals surface area (Å²) in [5, 5.41) is 3.45. The molecule has 0 amide bonds. The second-order valence-electron chi connectivity index (χ2n) is 5.35. The largest absolute Gasteiger partial charge is 0.468 e. The zero-order valence-corrected chi connectivity index (χ0v) is 13.2. The zero-order chi connectivity index (χ0) is 14.0. The third kappa shape index (κ3) is 3.18. The van der Waals surface area contributed by atoms with E-state index in [-0.39, 0.29) is 24.0 Å². The molecule has 0 spiro atoms. The number of aryl methyl sites for hydroxylation is 1. The van der Waals surface area contributed by atoms with Crippen LogP contribution in [0.25, 0.3) is 0 Å². The standard InChI is InChI=1S/C15H20BrNO2/c1-9(2)14(15(18)19-3)17-13-7-4-10-8-11(16)5-6-12(10)13/h5-6,8-9,13-14,17H,4,7H2,1-3H3. The van der Waals surface area contributed by atoms with Crippen LogP contribution in [-0.4, -0.2) is 19.1 Å². The van der Waals surface area contributed by atoms with Crippen molar-refractivity contribution in [2.24, 2.45) is 5.92 Å². The molecule has 0 bridgehead atoms. The van der Waals surface area contributed by atoms with Gasteiger partial charge in [-0.05, 0) is 42.0 Å². The number of esters is 1. The summed E-state index contributed by atoms with van der Waals surface area (Å²) >= 11 is 3.50. The summed E-state index contributed by atoms with van der Waals surface area (Å²) in [5.41, 5.74) is 2.66. The Balaban J connectivity index is 2.15. The number of nitrogens with one attached hydrogen (secondary N) is 1.